The number of aliphatic imine (C=N–C) groups is 1. The summed E-state index contributed by atoms with van der Waals surface area (Å²) >= 11 is 9.67. The number of carbonyl (C=O) groups excluding carboxylic acids is 2. The molecule has 2 aromatic rings. The minimum atomic E-state index is -0.544. The van der Waals surface area contributed by atoms with E-state index in [2.05, 4.69) is 32.9 Å². The van der Waals surface area contributed by atoms with Crippen LogP contribution in [-0.2, 0) is 9.59 Å². The molecule has 5 nitrogen and oxygen atoms in total. The van der Waals surface area contributed by atoms with Gasteiger partial charge in [0.1, 0.15) is 5.25 Å². The van der Waals surface area contributed by atoms with Crippen LogP contribution >= 0.6 is 46.0 Å². The zero-order valence-corrected chi connectivity index (χ0v) is 19.1. The van der Waals surface area contributed by atoms with Crippen LogP contribution in [0.5, 0.6) is 0 Å². The first kappa shape index (κ1) is 21.1. The van der Waals surface area contributed by atoms with Crippen LogP contribution in [0.2, 0.25) is 5.02 Å². The average Bonchev–Trinajstić information content (AvgIpc) is 2.66. The molecule has 0 spiro atoms. The van der Waals surface area contributed by atoms with Gasteiger partial charge in [0.15, 0.2) is 5.17 Å². The molecule has 28 heavy (non-hydrogen) atoms. The Morgan fingerprint density at radius 1 is 1.32 bits per heavy atom. The lowest BCUT2D eigenvalue weighted by atomic mass is 10.2. The summed E-state index contributed by atoms with van der Waals surface area (Å²) in [6, 6.07) is 13.1. The van der Waals surface area contributed by atoms with Crippen molar-refractivity contribution in [3.63, 3.8) is 0 Å². The molecule has 0 bridgehead atoms. The number of hydrogen-bond acceptors (Lipinski definition) is 4. The molecular formula is C20H19ClIN3O2S. The minimum absolute atomic E-state index is 0.104. The van der Waals surface area contributed by atoms with E-state index in [-0.39, 0.29) is 18.2 Å². The highest BCUT2D eigenvalue weighted by Gasteiger charge is 2.35. The molecule has 1 aliphatic heterocycles. The number of anilines is 1. The molecule has 3 rings (SSSR count). The van der Waals surface area contributed by atoms with Gasteiger partial charge >= 0.3 is 0 Å². The van der Waals surface area contributed by atoms with Crippen LogP contribution < -0.4 is 5.32 Å². The van der Waals surface area contributed by atoms with Gasteiger partial charge in [-0.05, 0) is 78.4 Å². The third-order valence-corrected chi connectivity index (χ3v) is 6.55. The van der Waals surface area contributed by atoms with E-state index in [0.29, 0.717) is 22.4 Å². The Kier molecular flexibility index (Phi) is 7.00. The van der Waals surface area contributed by atoms with Crippen LogP contribution in [0.25, 0.3) is 0 Å². The maximum absolute atomic E-state index is 12.7. The number of amides is 2. The lowest BCUT2D eigenvalue weighted by molar-refractivity contribution is -0.129. The molecule has 1 aliphatic rings. The highest BCUT2D eigenvalue weighted by atomic mass is 127. The van der Waals surface area contributed by atoms with Gasteiger partial charge in [0.2, 0.25) is 11.8 Å². The van der Waals surface area contributed by atoms with E-state index in [9.17, 15) is 9.59 Å². The van der Waals surface area contributed by atoms with Gasteiger partial charge < -0.3 is 5.32 Å². The molecule has 0 aliphatic carbocycles. The van der Waals surface area contributed by atoms with Gasteiger partial charge in [-0.1, -0.05) is 29.4 Å². The highest BCUT2D eigenvalue weighted by molar-refractivity contribution is 14.1. The number of thioether (sulfide) groups is 1. The molecule has 0 saturated carbocycles. The van der Waals surface area contributed by atoms with E-state index in [1.54, 1.807) is 17.0 Å². The van der Waals surface area contributed by atoms with Crippen LogP contribution in [0, 0.1) is 10.5 Å². The molecular weight excluding hydrogens is 509 g/mol. The first-order valence-electron chi connectivity index (χ1n) is 8.75. The fourth-order valence-corrected chi connectivity index (χ4v) is 4.37. The Labute approximate surface area is 187 Å². The summed E-state index contributed by atoms with van der Waals surface area (Å²) in [7, 11) is 0. The summed E-state index contributed by atoms with van der Waals surface area (Å²) in [5, 5.41) is 3.44. The van der Waals surface area contributed by atoms with E-state index in [0.717, 1.165) is 14.8 Å². The standard InChI is InChI=1S/C20H19ClIN3O2S/c1-3-25-18(26)11-17(19(27)23-15-7-4-12(2)16(21)10-15)28-20(25)24-14-8-5-13(22)6-9-14/h4-10,17H,3,11H2,1-2H3,(H,23,27). The summed E-state index contributed by atoms with van der Waals surface area (Å²) in [6.45, 7) is 4.31. The van der Waals surface area contributed by atoms with Crippen molar-refractivity contribution >= 4 is 74.3 Å². The Morgan fingerprint density at radius 2 is 2.04 bits per heavy atom. The summed E-state index contributed by atoms with van der Waals surface area (Å²) in [6.07, 6.45) is 0.135. The van der Waals surface area contributed by atoms with Gasteiger partial charge in [0.05, 0.1) is 5.69 Å². The number of aryl methyl sites for hydroxylation is 1. The quantitative estimate of drug-likeness (QED) is 0.554. The van der Waals surface area contributed by atoms with E-state index < -0.39 is 5.25 Å². The molecule has 1 N–H and O–H groups in total. The molecule has 0 aromatic heterocycles. The first-order chi connectivity index (χ1) is 13.4. The van der Waals surface area contributed by atoms with Crippen molar-refractivity contribution in [3.8, 4) is 0 Å². The van der Waals surface area contributed by atoms with Gasteiger partial charge in [-0.2, -0.15) is 0 Å². The Balaban J connectivity index is 1.80. The average molecular weight is 528 g/mol. The maximum Gasteiger partial charge on any atom is 0.238 e. The lowest BCUT2D eigenvalue weighted by Gasteiger charge is -2.30. The predicted octanol–water partition coefficient (Wildman–Crippen LogP) is 5.23. The minimum Gasteiger partial charge on any atom is -0.325 e. The smallest absolute Gasteiger partial charge is 0.238 e. The largest absolute Gasteiger partial charge is 0.325 e. The topological polar surface area (TPSA) is 61.8 Å². The van der Waals surface area contributed by atoms with Crippen LogP contribution in [0.3, 0.4) is 0 Å². The zero-order chi connectivity index (χ0) is 20.3. The number of amidine groups is 1. The van der Waals surface area contributed by atoms with Gasteiger partial charge in [0, 0.05) is 27.2 Å². The van der Waals surface area contributed by atoms with Crippen molar-refractivity contribution in [2.45, 2.75) is 25.5 Å². The summed E-state index contributed by atoms with van der Waals surface area (Å²) in [4.78, 5) is 31.5. The molecule has 8 heteroatoms. The molecule has 0 radical (unpaired) electrons. The van der Waals surface area contributed by atoms with Crippen LogP contribution in [0.4, 0.5) is 11.4 Å². The first-order valence-corrected chi connectivity index (χ1v) is 11.1. The van der Waals surface area contributed by atoms with Gasteiger partial charge in [0.25, 0.3) is 0 Å². The number of rotatable bonds is 4. The molecule has 1 unspecified atom stereocenters. The van der Waals surface area contributed by atoms with Crippen LogP contribution in [-0.4, -0.2) is 33.7 Å². The Morgan fingerprint density at radius 3 is 2.68 bits per heavy atom. The normalized spacial score (nSPS) is 18.4. The van der Waals surface area contributed by atoms with Gasteiger partial charge in [-0.3, -0.25) is 14.5 Å². The lowest BCUT2D eigenvalue weighted by Crippen LogP contribution is -2.45. The molecule has 2 amide bonds. The summed E-state index contributed by atoms with van der Waals surface area (Å²) in [5.41, 5.74) is 2.30. The maximum atomic E-state index is 12.7. The van der Waals surface area contributed by atoms with E-state index in [1.807, 2.05) is 44.2 Å². The molecule has 1 heterocycles. The fraction of sp³-hybridized carbons (Fsp3) is 0.250. The number of halogens is 2. The number of hydrogen-bond donors (Lipinski definition) is 1. The van der Waals surface area contributed by atoms with Crippen LogP contribution in [0.1, 0.15) is 18.9 Å². The third kappa shape index (κ3) is 5.07. The highest BCUT2D eigenvalue weighted by Crippen LogP contribution is 2.30. The number of nitrogens with zero attached hydrogens (tertiary/aromatic N) is 2. The number of nitrogens with one attached hydrogen (secondary N) is 1. The predicted molar refractivity (Wildman–Crippen MR) is 124 cm³/mol. The summed E-state index contributed by atoms with van der Waals surface area (Å²) < 4.78 is 1.11. The van der Waals surface area contributed by atoms with Crippen molar-refractivity contribution in [1.29, 1.82) is 0 Å². The molecule has 146 valence electrons. The summed E-state index contributed by atoms with van der Waals surface area (Å²) in [5.74, 6) is -0.336. The fourth-order valence-electron chi connectivity index (χ4n) is 2.67. The SMILES string of the molecule is CCN1C(=O)CC(C(=O)Nc2ccc(C)c(Cl)c2)SC1=Nc1ccc(I)cc1. The second-order valence-electron chi connectivity index (χ2n) is 6.27. The van der Waals surface area contributed by atoms with Crippen molar-refractivity contribution in [3.05, 3.63) is 56.6 Å². The second kappa shape index (κ2) is 9.28. The number of benzene rings is 2. The molecule has 1 atom stereocenters. The molecule has 1 saturated heterocycles. The van der Waals surface area contributed by atoms with Crippen molar-refractivity contribution < 1.29 is 9.59 Å². The number of carbonyl (C=O) groups is 2. The van der Waals surface area contributed by atoms with Crippen molar-refractivity contribution in [2.24, 2.45) is 4.99 Å². The second-order valence-corrected chi connectivity index (χ2v) is 9.10. The van der Waals surface area contributed by atoms with Gasteiger partial charge in [-0.15, -0.1) is 0 Å². The zero-order valence-electron chi connectivity index (χ0n) is 15.4. The van der Waals surface area contributed by atoms with E-state index in [4.69, 9.17) is 11.6 Å². The molecule has 2 aromatic carbocycles. The molecule has 1 fully saturated rings. The van der Waals surface area contributed by atoms with Crippen LogP contribution in [0.15, 0.2) is 47.5 Å². The van der Waals surface area contributed by atoms with Crippen molar-refractivity contribution in [1.82, 2.24) is 4.90 Å². The monoisotopic (exact) mass is 527 g/mol. The van der Waals surface area contributed by atoms with Gasteiger partial charge in [-0.25, -0.2) is 4.99 Å². The Hall–Kier alpha value is -1.58. The Bertz CT molecular complexity index is 934. The van der Waals surface area contributed by atoms with Crippen molar-refractivity contribution in [2.75, 3.05) is 11.9 Å². The van der Waals surface area contributed by atoms with E-state index >= 15 is 0 Å². The van der Waals surface area contributed by atoms with E-state index in [1.165, 1.54) is 11.8 Å². The third-order valence-electron chi connectivity index (χ3n) is 4.24.